The molecule has 0 saturated heterocycles. The summed E-state index contributed by atoms with van der Waals surface area (Å²) in [7, 11) is 0. The van der Waals surface area contributed by atoms with Crippen LogP contribution in [0.1, 0.15) is 16.1 Å². The Bertz CT molecular complexity index is 1100. The lowest BCUT2D eigenvalue weighted by atomic mass is 9.78. The van der Waals surface area contributed by atoms with E-state index < -0.39 is 5.41 Å². The van der Waals surface area contributed by atoms with Gasteiger partial charge in [0.1, 0.15) is 10.4 Å². The maximum absolute atomic E-state index is 10.4. The van der Waals surface area contributed by atoms with Crippen molar-refractivity contribution in [3.8, 4) is 6.07 Å². The molecule has 0 fully saturated rings. The first-order chi connectivity index (χ1) is 13.6. The van der Waals surface area contributed by atoms with Crippen LogP contribution in [0, 0.1) is 11.3 Å². The summed E-state index contributed by atoms with van der Waals surface area (Å²) in [6.07, 6.45) is 1.05. The molecule has 0 unspecified atom stereocenters. The van der Waals surface area contributed by atoms with E-state index in [1.807, 2.05) is 72.8 Å². The van der Waals surface area contributed by atoms with Gasteiger partial charge in [-0.05, 0) is 60.4 Å². The first-order valence-electron chi connectivity index (χ1n) is 8.84. The van der Waals surface area contributed by atoms with E-state index in [1.165, 1.54) is 0 Å². The third-order valence-corrected chi connectivity index (χ3v) is 6.42. The molecule has 0 bridgehead atoms. The molecule has 1 heterocycles. The lowest BCUT2D eigenvalue weighted by molar-refractivity contribution is 0.539. The Labute approximate surface area is 178 Å². The lowest BCUT2D eigenvalue weighted by Gasteiger charge is -2.25. The summed E-state index contributed by atoms with van der Waals surface area (Å²) in [6, 6.07) is 25.9. The Kier molecular flexibility index (Phi) is 5.37. The van der Waals surface area contributed by atoms with Gasteiger partial charge in [-0.1, -0.05) is 59.6 Å². The molecule has 0 atom stereocenters. The lowest BCUT2D eigenvalue weighted by Crippen LogP contribution is -2.30. The van der Waals surface area contributed by atoms with Gasteiger partial charge in [0.25, 0.3) is 0 Å². The van der Waals surface area contributed by atoms with Gasteiger partial charge in [-0.3, -0.25) is 0 Å². The Morgan fingerprint density at radius 3 is 2.00 bits per heavy atom. The molecule has 0 aliphatic rings. The average Bonchev–Trinajstić information content (AvgIpc) is 3.12. The van der Waals surface area contributed by atoms with Crippen LogP contribution in [0.5, 0.6) is 0 Å². The first kappa shape index (κ1) is 19.0. The molecular formula is C23H16Cl2N2S. The highest BCUT2D eigenvalue weighted by Gasteiger charge is 2.36. The maximum Gasteiger partial charge on any atom is 0.117 e. The van der Waals surface area contributed by atoms with Gasteiger partial charge in [0.15, 0.2) is 0 Å². The molecule has 4 aromatic rings. The van der Waals surface area contributed by atoms with E-state index >= 15 is 0 Å². The topological polar surface area (TPSA) is 36.7 Å². The Hall–Kier alpha value is -2.38. The monoisotopic (exact) mass is 422 g/mol. The second kappa shape index (κ2) is 7.93. The van der Waals surface area contributed by atoms with Gasteiger partial charge in [0, 0.05) is 10.0 Å². The highest BCUT2D eigenvalue weighted by molar-refractivity contribution is 7.18. The van der Waals surface area contributed by atoms with Crippen molar-refractivity contribution < 1.29 is 0 Å². The summed E-state index contributed by atoms with van der Waals surface area (Å²) in [4.78, 5) is 4.82. The van der Waals surface area contributed by atoms with E-state index in [0.717, 1.165) is 26.4 Å². The molecule has 5 heteroatoms. The molecule has 2 nitrogen and oxygen atoms in total. The van der Waals surface area contributed by atoms with Crippen molar-refractivity contribution in [3.05, 3.63) is 99.0 Å². The molecule has 0 N–H and O–H groups in total. The number of aromatic nitrogens is 1. The summed E-state index contributed by atoms with van der Waals surface area (Å²) < 4.78 is 1.08. The van der Waals surface area contributed by atoms with Crippen molar-refractivity contribution in [2.45, 2.75) is 18.3 Å². The van der Waals surface area contributed by atoms with Crippen molar-refractivity contribution in [3.63, 3.8) is 0 Å². The molecule has 28 heavy (non-hydrogen) atoms. The van der Waals surface area contributed by atoms with Crippen molar-refractivity contribution in [1.82, 2.24) is 4.98 Å². The van der Waals surface area contributed by atoms with Crippen LogP contribution in [0.25, 0.3) is 10.2 Å². The third-order valence-electron chi connectivity index (χ3n) is 4.71. The minimum Gasteiger partial charge on any atom is -0.239 e. The Balaban J connectivity index is 1.84. The highest BCUT2D eigenvalue weighted by atomic mass is 35.5. The molecule has 0 amide bonds. The predicted octanol–water partition coefficient (Wildman–Crippen LogP) is 6.85. The number of thiazole rings is 1. The fourth-order valence-corrected chi connectivity index (χ4v) is 4.94. The number of hydrogen-bond acceptors (Lipinski definition) is 3. The predicted molar refractivity (Wildman–Crippen MR) is 117 cm³/mol. The van der Waals surface area contributed by atoms with Gasteiger partial charge < -0.3 is 0 Å². The summed E-state index contributed by atoms with van der Waals surface area (Å²) in [5.74, 6) is 0. The standard InChI is InChI=1S/C23H16Cl2N2S/c24-18-7-3-5-16(11-18)13-23(15-26,14-17-6-4-8-19(25)12-17)22-27-20-9-1-2-10-21(20)28-22/h1-12H,13-14H2. The van der Waals surface area contributed by atoms with Gasteiger partial charge in [-0.25, -0.2) is 4.98 Å². The third kappa shape index (κ3) is 3.91. The van der Waals surface area contributed by atoms with Gasteiger partial charge in [-0.2, -0.15) is 5.26 Å². The van der Waals surface area contributed by atoms with Crippen LogP contribution in [0.2, 0.25) is 10.0 Å². The summed E-state index contributed by atoms with van der Waals surface area (Å²) in [5, 5.41) is 12.5. The molecular weight excluding hydrogens is 407 g/mol. The van der Waals surface area contributed by atoms with Crippen molar-refractivity contribution in [2.24, 2.45) is 0 Å². The molecule has 0 aliphatic heterocycles. The summed E-state index contributed by atoms with van der Waals surface area (Å²) >= 11 is 14.0. The first-order valence-corrected chi connectivity index (χ1v) is 10.4. The minimum absolute atomic E-state index is 0.524. The fraction of sp³-hybridized carbons (Fsp3) is 0.130. The fourth-order valence-electron chi connectivity index (χ4n) is 3.41. The van der Waals surface area contributed by atoms with E-state index in [2.05, 4.69) is 6.07 Å². The van der Waals surface area contributed by atoms with Crippen LogP contribution in [0.15, 0.2) is 72.8 Å². The van der Waals surface area contributed by atoms with E-state index in [0.29, 0.717) is 22.9 Å². The molecule has 0 aliphatic carbocycles. The summed E-state index contributed by atoms with van der Waals surface area (Å²) in [5.41, 5.74) is 2.13. The van der Waals surface area contributed by atoms with E-state index in [9.17, 15) is 5.26 Å². The highest BCUT2D eigenvalue weighted by Crippen LogP contribution is 2.37. The van der Waals surface area contributed by atoms with Crippen molar-refractivity contribution in [2.75, 3.05) is 0 Å². The van der Waals surface area contributed by atoms with Crippen LogP contribution in [0.4, 0.5) is 0 Å². The van der Waals surface area contributed by atoms with Crippen molar-refractivity contribution >= 4 is 44.8 Å². The van der Waals surface area contributed by atoms with Gasteiger partial charge in [0.2, 0.25) is 0 Å². The SMILES string of the molecule is N#CC(Cc1cccc(Cl)c1)(Cc1cccc(Cl)c1)c1nc2ccccc2s1. The number of nitriles is 1. The molecule has 0 radical (unpaired) electrons. The Morgan fingerprint density at radius 1 is 0.857 bits per heavy atom. The van der Waals surface area contributed by atoms with Gasteiger partial charge >= 0.3 is 0 Å². The quantitative estimate of drug-likeness (QED) is 0.352. The van der Waals surface area contributed by atoms with Crippen LogP contribution in [-0.4, -0.2) is 4.98 Å². The number of halogens is 2. The molecule has 0 spiro atoms. The van der Waals surface area contributed by atoms with Crippen LogP contribution in [-0.2, 0) is 18.3 Å². The molecule has 1 aromatic heterocycles. The zero-order valence-corrected chi connectivity index (χ0v) is 17.2. The molecule has 138 valence electrons. The number of rotatable bonds is 5. The van der Waals surface area contributed by atoms with Gasteiger partial charge in [0.05, 0.1) is 16.3 Å². The minimum atomic E-state index is -0.806. The van der Waals surface area contributed by atoms with E-state index in [1.54, 1.807) is 11.3 Å². The van der Waals surface area contributed by atoms with Gasteiger partial charge in [-0.15, -0.1) is 11.3 Å². The second-order valence-electron chi connectivity index (χ2n) is 6.79. The zero-order valence-electron chi connectivity index (χ0n) is 14.9. The number of hydrogen-bond donors (Lipinski definition) is 0. The smallest absolute Gasteiger partial charge is 0.117 e. The maximum atomic E-state index is 10.4. The summed E-state index contributed by atoms with van der Waals surface area (Å²) in [6.45, 7) is 0. The van der Waals surface area contributed by atoms with E-state index in [-0.39, 0.29) is 0 Å². The van der Waals surface area contributed by atoms with E-state index in [4.69, 9.17) is 28.2 Å². The number of benzene rings is 3. The van der Waals surface area contributed by atoms with Crippen LogP contribution < -0.4 is 0 Å². The van der Waals surface area contributed by atoms with Crippen molar-refractivity contribution in [1.29, 1.82) is 5.26 Å². The largest absolute Gasteiger partial charge is 0.239 e. The second-order valence-corrected chi connectivity index (χ2v) is 8.70. The zero-order chi connectivity index (χ0) is 19.6. The normalized spacial score (nSPS) is 11.5. The molecule has 3 aromatic carbocycles. The number of nitrogens with zero attached hydrogens (tertiary/aromatic N) is 2. The van der Waals surface area contributed by atoms with Crippen LogP contribution in [0.3, 0.4) is 0 Å². The molecule has 0 saturated carbocycles. The van der Waals surface area contributed by atoms with Crippen LogP contribution >= 0.6 is 34.5 Å². The Morgan fingerprint density at radius 2 is 1.46 bits per heavy atom. The average molecular weight is 423 g/mol. The number of para-hydroxylation sites is 1. The number of fused-ring (bicyclic) bond motifs is 1. The molecule has 4 rings (SSSR count).